The molecule has 0 radical (unpaired) electrons. The summed E-state index contributed by atoms with van der Waals surface area (Å²) in [5, 5.41) is 0. The second kappa shape index (κ2) is 4.88. The average molecular weight is 219 g/mol. The molecule has 2 nitrogen and oxygen atoms in total. The maximum atomic E-state index is 6.10. The largest absolute Gasteiger partial charge is 0.490 e. The maximum absolute atomic E-state index is 6.10. The zero-order valence-electron chi connectivity index (χ0n) is 10.3. The number of ether oxygens (including phenoxy) is 1. The van der Waals surface area contributed by atoms with E-state index in [-0.39, 0.29) is 0 Å². The van der Waals surface area contributed by atoms with Gasteiger partial charge in [-0.1, -0.05) is 12.1 Å². The van der Waals surface area contributed by atoms with Gasteiger partial charge in [0.15, 0.2) is 0 Å². The molecule has 0 saturated heterocycles. The van der Waals surface area contributed by atoms with E-state index in [0.717, 1.165) is 5.75 Å². The Balaban J connectivity index is 2.19. The van der Waals surface area contributed by atoms with Crippen molar-refractivity contribution in [2.75, 3.05) is 0 Å². The Morgan fingerprint density at radius 1 is 1.19 bits per heavy atom. The number of aryl methyl sites for hydroxylation is 2. The van der Waals surface area contributed by atoms with Crippen molar-refractivity contribution in [3.63, 3.8) is 0 Å². The molecule has 1 aliphatic carbocycles. The maximum Gasteiger partial charge on any atom is 0.125 e. The van der Waals surface area contributed by atoms with Crippen molar-refractivity contribution < 1.29 is 4.74 Å². The summed E-state index contributed by atoms with van der Waals surface area (Å²) in [5.74, 6) is 1.07. The zero-order valence-corrected chi connectivity index (χ0v) is 10.3. The lowest BCUT2D eigenvalue weighted by atomic mass is 10.1. The van der Waals surface area contributed by atoms with Gasteiger partial charge >= 0.3 is 0 Å². The van der Waals surface area contributed by atoms with Crippen molar-refractivity contribution in [3.8, 4) is 5.75 Å². The van der Waals surface area contributed by atoms with E-state index >= 15 is 0 Å². The van der Waals surface area contributed by atoms with Crippen molar-refractivity contribution in [1.82, 2.24) is 0 Å². The first-order valence-corrected chi connectivity index (χ1v) is 6.17. The number of hydrogen-bond acceptors (Lipinski definition) is 2. The summed E-state index contributed by atoms with van der Waals surface area (Å²) in [6, 6.07) is 4.27. The smallest absolute Gasteiger partial charge is 0.125 e. The molecule has 1 saturated carbocycles. The van der Waals surface area contributed by atoms with Gasteiger partial charge in [0, 0.05) is 6.54 Å². The molecule has 1 aromatic carbocycles. The normalized spacial score (nSPS) is 16.7. The average Bonchev–Trinajstić information content (AvgIpc) is 2.75. The highest BCUT2D eigenvalue weighted by Gasteiger charge is 2.18. The molecule has 0 amide bonds. The molecular formula is C14H21NO. The first-order chi connectivity index (χ1) is 7.70. The number of hydrogen-bond donors (Lipinski definition) is 1. The topological polar surface area (TPSA) is 35.2 Å². The van der Waals surface area contributed by atoms with Crippen LogP contribution in [0.5, 0.6) is 5.75 Å². The molecule has 0 heterocycles. The Morgan fingerprint density at radius 3 is 2.25 bits per heavy atom. The van der Waals surface area contributed by atoms with E-state index in [1.54, 1.807) is 0 Å². The highest BCUT2D eigenvalue weighted by Crippen LogP contribution is 2.30. The van der Waals surface area contributed by atoms with Gasteiger partial charge in [0.1, 0.15) is 5.75 Å². The summed E-state index contributed by atoms with van der Waals surface area (Å²) in [5.41, 5.74) is 9.28. The van der Waals surface area contributed by atoms with Gasteiger partial charge in [-0.25, -0.2) is 0 Å². The van der Waals surface area contributed by atoms with Gasteiger partial charge in [0.25, 0.3) is 0 Å². The fourth-order valence-electron chi connectivity index (χ4n) is 2.52. The van der Waals surface area contributed by atoms with E-state index in [1.165, 1.54) is 42.4 Å². The first-order valence-electron chi connectivity index (χ1n) is 6.17. The van der Waals surface area contributed by atoms with Crippen molar-refractivity contribution >= 4 is 0 Å². The first kappa shape index (κ1) is 11.5. The van der Waals surface area contributed by atoms with E-state index in [0.29, 0.717) is 12.6 Å². The minimum absolute atomic E-state index is 0.432. The standard InChI is InChI=1S/C14H21NO/c1-10-7-12(9-15)8-11(2)14(10)16-13-5-3-4-6-13/h7-8,13H,3-6,9,15H2,1-2H3. The molecule has 0 atom stereocenters. The molecule has 16 heavy (non-hydrogen) atoms. The molecule has 88 valence electrons. The Morgan fingerprint density at radius 2 is 1.75 bits per heavy atom. The van der Waals surface area contributed by atoms with Gasteiger partial charge < -0.3 is 10.5 Å². The van der Waals surface area contributed by atoms with Gasteiger partial charge in [-0.15, -0.1) is 0 Å². The van der Waals surface area contributed by atoms with E-state index in [9.17, 15) is 0 Å². The third-order valence-corrected chi connectivity index (χ3v) is 3.34. The Bertz CT molecular complexity index is 344. The summed E-state index contributed by atoms with van der Waals surface area (Å²) in [7, 11) is 0. The highest BCUT2D eigenvalue weighted by atomic mass is 16.5. The van der Waals surface area contributed by atoms with Crippen LogP contribution in [-0.2, 0) is 6.54 Å². The van der Waals surface area contributed by atoms with Crippen molar-refractivity contribution in [1.29, 1.82) is 0 Å². The molecule has 2 rings (SSSR count). The summed E-state index contributed by atoms with van der Waals surface area (Å²) < 4.78 is 6.10. The summed E-state index contributed by atoms with van der Waals surface area (Å²) >= 11 is 0. The molecule has 1 fully saturated rings. The lowest BCUT2D eigenvalue weighted by molar-refractivity contribution is 0.207. The Hall–Kier alpha value is -1.02. The van der Waals surface area contributed by atoms with Crippen LogP contribution in [-0.4, -0.2) is 6.10 Å². The minimum Gasteiger partial charge on any atom is -0.490 e. The molecule has 1 aromatic rings. The number of rotatable bonds is 3. The molecule has 0 unspecified atom stereocenters. The summed E-state index contributed by atoms with van der Waals surface area (Å²) in [6.07, 6.45) is 5.46. The van der Waals surface area contributed by atoms with Crippen LogP contribution >= 0.6 is 0 Å². The van der Waals surface area contributed by atoms with E-state index in [1.807, 2.05) is 0 Å². The molecule has 0 spiro atoms. The van der Waals surface area contributed by atoms with Gasteiger partial charge in [-0.3, -0.25) is 0 Å². The zero-order chi connectivity index (χ0) is 11.5. The van der Waals surface area contributed by atoms with Crippen LogP contribution in [0.1, 0.15) is 42.4 Å². The van der Waals surface area contributed by atoms with E-state index in [4.69, 9.17) is 10.5 Å². The fraction of sp³-hybridized carbons (Fsp3) is 0.571. The van der Waals surface area contributed by atoms with Gasteiger partial charge in [0.05, 0.1) is 6.10 Å². The van der Waals surface area contributed by atoms with Crippen LogP contribution in [0.3, 0.4) is 0 Å². The SMILES string of the molecule is Cc1cc(CN)cc(C)c1OC1CCCC1. The van der Waals surface area contributed by atoms with Gasteiger partial charge in [-0.05, 0) is 56.2 Å². The molecule has 1 aliphatic rings. The molecular weight excluding hydrogens is 198 g/mol. The molecule has 0 aliphatic heterocycles. The van der Waals surface area contributed by atoms with Gasteiger partial charge in [0.2, 0.25) is 0 Å². The van der Waals surface area contributed by atoms with Crippen molar-refractivity contribution in [3.05, 3.63) is 28.8 Å². The predicted molar refractivity (Wildman–Crippen MR) is 66.7 cm³/mol. The quantitative estimate of drug-likeness (QED) is 0.848. The second-order valence-corrected chi connectivity index (χ2v) is 4.79. The molecule has 0 aromatic heterocycles. The van der Waals surface area contributed by atoms with Gasteiger partial charge in [-0.2, -0.15) is 0 Å². The van der Waals surface area contributed by atoms with Crippen LogP contribution in [0.2, 0.25) is 0 Å². The van der Waals surface area contributed by atoms with Crippen molar-refractivity contribution in [2.24, 2.45) is 5.73 Å². The third kappa shape index (κ3) is 2.38. The minimum atomic E-state index is 0.432. The van der Waals surface area contributed by atoms with E-state index in [2.05, 4.69) is 26.0 Å². The summed E-state index contributed by atoms with van der Waals surface area (Å²) in [6.45, 7) is 4.82. The van der Waals surface area contributed by atoms with Crippen LogP contribution < -0.4 is 10.5 Å². The van der Waals surface area contributed by atoms with Crippen LogP contribution in [0.25, 0.3) is 0 Å². The Kier molecular flexibility index (Phi) is 3.49. The van der Waals surface area contributed by atoms with Crippen LogP contribution in [0.4, 0.5) is 0 Å². The number of nitrogens with two attached hydrogens (primary N) is 1. The molecule has 2 N–H and O–H groups in total. The van der Waals surface area contributed by atoms with Crippen LogP contribution in [0.15, 0.2) is 12.1 Å². The highest BCUT2D eigenvalue weighted by molar-refractivity contribution is 5.43. The lowest BCUT2D eigenvalue weighted by Crippen LogP contribution is -2.13. The van der Waals surface area contributed by atoms with Crippen LogP contribution in [0, 0.1) is 13.8 Å². The fourth-order valence-corrected chi connectivity index (χ4v) is 2.52. The Labute approximate surface area is 97.8 Å². The number of benzene rings is 1. The molecule has 2 heteroatoms. The lowest BCUT2D eigenvalue weighted by Gasteiger charge is -2.18. The second-order valence-electron chi connectivity index (χ2n) is 4.79. The summed E-state index contributed by atoms with van der Waals surface area (Å²) in [4.78, 5) is 0. The van der Waals surface area contributed by atoms with Crippen molar-refractivity contribution in [2.45, 2.75) is 52.2 Å². The monoisotopic (exact) mass is 219 g/mol. The third-order valence-electron chi connectivity index (χ3n) is 3.34. The van der Waals surface area contributed by atoms with E-state index < -0.39 is 0 Å². The molecule has 0 bridgehead atoms. The predicted octanol–water partition coefficient (Wildman–Crippen LogP) is 3.08.